The van der Waals surface area contributed by atoms with Crippen molar-refractivity contribution in [1.82, 2.24) is 10.6 Å². The summed E-state index contributed by atoms with van der Waals surface area (Å²) in [6, 6.07) is 20.8. The molecule has 0 saturated heterocycles. The third kappa shape index (κ3) is 8.10. The minimum atomic E-state index is -0.897. The third-order valence-corrected chi connectivity index (χ3v) is 5.81. The number of aliphatic hydroxyl groups excluding tert-OH is 2. The van der Waals surface area contributed by atoms with Gasteiger partial charge in [-0.3, -0.25) is 4.79 Å². The number of hydrogen-bond acceptors (Lipinski definition) is 6. The van der Waals surface area contributed by atoms with Crippen LogP contribution in [0.1, 0.15) is 48.2 Å². The van der Waals surface area contributed by atoms with Crippen molar-refractivity contribution in [2.24, 2.45) is 0 Å². The molecule has 186 valence electrons. The van der Waals surface area contributed by atoms with E-state index < -0.39 is 12.1 Å². The highest BCUT2D eigenvalue weighted by atomic mass is 16.3. The predicted molar refractivity (Wildman–Crippen MR) is 135 cm³/mol. The van der Waals surface area contributed by atoms with E-state index in [0.717, 1.165) is 16.7 Å². The number of aliphatic hydroxyl groups is 2. The molecule has 0 saturated carbocycles. The van der Waals surface area contributed by atoms with E-state index in [1.54, 1.807) is 0 Å². The van der Waals surface area contributed by atoms with Crippen LogP contribution in [0.15, 0.2) is 72.8 Å². The van der Waals surface area contributed by atoms with Gasteiger partial charge in [-0.25, -0.2) is 0 Å². The van der Waals surface area contributed by atoms with Crippen LogP contribution in [0.2, 0.25) is 0 Å². The van der Waals surface area contributed by atoms with Gasteiger partial charge in [0.15, 0.2) is 0 Å². The molecular formula is C28H34N2O5. The number of phenols is 2. The first kappa shape index (κ1) is 26.2. The molecular weight excluding hydrogens is 444 g/mol. The van der Waals surface area contributed by atoms with E-state index in [4.69, 9.17) is 0 Å². The Morgan fingerprint density at radius 2 is 1.54 bits per heavy atom. The summed E-state index contributed by atoms with van der Waals surface area (Å²) in [6.45, 7) is 4.10. The molecule has 0 heterocycles. The lowest BCUT2D eigenvalue weighted by Crippen LogP contribution is -2.43. The first-order chi connectivity index (χ1) is 16.6. The van der Waals surface area contributed by atoms with Crippen molar-refractivity contribution in [3.8, 4) is 11.5 Å². The molecule has 0 radical (unpaired) electrons. The molecule has 0 bridgehead atoms. The van der Waals surface area contributed by atoms with Gasteiger partial charge in [0.2, 0.25) is 5.91 Å². The molecule has 1 unspecified atom stereocenters. The predicted octanol–water partition coefficient (Wildman–Crippen LogP) is 3.13. The number of carbonyl (C=O) groups excluding carboxylic acids is 1. The Hall–Kier alpha value is -3.39. The van der Waals surface area contributed by atoms with Gasteiger partial charge in [0.25, 0.3) is 0 Å². The molecule has 0 aromatic heterocycles. The van der Waals surface area contributed by atoms with Crippen LogP contribution in [0, 0.1) is 0 Å². The van der Waals surface area contributed by atoms with Crippen molar-refractivity contribution in [3.63, 3.8) is 0 Å². The summed E-state index contributed by atoms with van der Waals surface area (Å²) in [7, 11) is 0. The fraction of sp³-hybridized carbons (Fsp3) is 0.321. The Labute approximate surface area is 206 Å². The highest BCUT2D eigenvalue weighted by molar-refractivity contribution is 5.79. The number of amides is 1. The second-order valence-electron chi connectivity index (χ2n) is 9.45. The smallest absolute Gasteiger partial charge is 0.224 e. The summed E-state index contributed by atoms with van der Waals surface area (Å²) >= 11 is 0. The lowest BCUT2D eigenvalue weighted by molar-refractivity contribution is -0.121. The largest absolute Gasteiger partial charge is 0.508 e. The topological polar surface area (TPSA) is 122 Å². The summed E-state index contributed by atoms with van der Waals surface area (Å²) in [5.74, 6) is -0.374. The average Bonchev–Trinajstić information content (AvgIpc) is 2.81. The van der Waals surface area contributed by atoms with Gasteiger partial charge in [0, 0.05) is 18.2 Å². The van der Waals surface area contributed by atoms with Crippen molar-refractivity contribution in [2.45, 2.75) is 44.4 Å². The quantitative estimate of drug-likeness (QED) is 0.252. The number of benzene rings is 3. The number of hydrogen-bond donors (Lipinski definition) is 6. The molecule has 3 aromatic rings. The van der Waals surface area contributed by atoms with Crippen molar-refractivity contribution in [1.29, 1.82) is 0 Å². The van der Waals surface area contributed by atoms with Gasteiger partial charge < -0.3 is 31.1 Å². The van der Waals surface area contributed by atoms with E-state index in [1.807, 2.05) is 68.4 Å². The zero-order chi connectivity index (χ0) is 25.4. The van der Waals surface area contributed by atoms with Crippen LogP contribution in [-0.4, -0.2) is 45.0 Å². The zero-order valence-electron chi connectivity index (χ0n) is 20.1. The van der Waals surface area contributed by atoms with Crippen LogP contribution in [0.4, 0.5) is 0 Å². The molecule has 0 spiro atoms. The van der Waals surface area contributed by atoms with E-state index in [9.17, 15) is 25.2 Å². The molecule has 35 heavy (non-hydrogen) atoms. The molecule has 7 heteroatoms. The maximum absolute atomic E-state index is 12.6. The van der Waals surface area contributed by atoms with Gasteiger partial charge in [-0.15, -0.1) is 0 Å². The Bertz CT molecular complexity index is 1100. The van der Waals surface area contributed by atoms with E-state index in [0.29, 0.717) is 12.0 Å². The van der Waals surface area contributed by atoms with Crippen LogP contribution >= 0.6 is 0 Å². The van der Waals surface area contributed by atoms with E-state index in [1.165, 1.54) is 18.2 Å². The van der Waals surface area contributed by atoms with Crippen LogP contribution < -0.4 is 10.6 Å². The fourth-order valence-electron chi connectivity index (χ4n) is 4.07. The van der Waals surface area contributed by atoms with Gasteiger partial charge in [-0.2, -0.15) is 0 Å². The number of rotatable bonds is 11. The number of nitrogens with one attached hydrogen (secondary N) is 2. The van der Waals surface area contributed by atoms with Crippen molar-refractivity contribution >= 4 is 5.91 Å². The van der Waals surface area contributed by atoms with Crippen LogP contribution in [0.3, 0.4) is 0 Å². The normalized spacial score (nSPS) is 13.3. The maximum Gasteiger partial charge on any atom is 0.224 e. The fourth-order valence-corrected chi connectivity index (χ4v) is 4.07. The van der Waals surface area contributed by atoms with E-state index >= 15 is 0 Å². The lowest BCUT2D eigenvalue weighted by atomic mass is 9.93. The highest BCUT2D eigenvalue weighted by Gasteiger charge is 2.21. The number of phenolic OH excluding ortho intramolecular Hbond substituents is 2. The summed E-state index contributed by atoms with van der Waals surface area (Å²) in [5.41, 5.74) is 2.83. The number of aromatic hydroxyl groups is 2. The van der Waals surface area contributed by atoms with Crippen LogP contribution in [-0.2, 0) is 17.6 Å². The van der Waals surface area contributed by atoms with Gasteiger partial charge in [0.1, 0.15) is 11.5 Å². The second-order valence-corrected chi connectivity index (χ2v) is 9.45. The molecule has 2 atom stereocenters. The van der Waals surface area contributed by atoms with Gasteiger partial charge >= 0.3 is 0 Å². The average molecular weight is 479 g/mol. The molecule has 0 fully saturated rings. The molecule has 3 aromatic carbocycles. The molecule has 3 rings (SSSR count). The number of β-amino-alcohol motifs (C(OH)–C–C–N with tert-alkyl or cyclic N) is 1. The highest BCUT2D eigenvalue weighted by Crippen LogP contribution is 2.25. The SMILES string of the molecule is CC(C)(Cc1cccc(CC(=O)N[C@H](CO)c2ccccc2)c1)NCC(O)c1cc(O)cc(O)c1. The monoisotopic (exact) mass is 478 g/mol. The minimum Gasteiger partial charge on any atom is -0.508 e. The van der Waals surface area contributed by atoms with Crippen LogP contribution in [0.5, 0.6) is 11.5 Å². The Morgan fingerprint density at radius 3 is 2.20 bits per heavy atom. The summed E-state index contributed by atoms with van der Waals surface area (Å²) in [6.07, 6.45) is -0.0412. The molecule has 0 aliphatic rings. The summed E-state index contributed by atoms with van der Waals surface area (Å²) in [4.78, 5) is 12.6. The first-order valence-corrected chi connectivity index (χ1v) is 11.6. The molecule has 0 aliphatic carbocycles. The summed E-state index contributed by atoms with van der Waals surface area (Å²) < 4.78 is 0. The van der Waals surface area contributed by atoms with Crippen molar-refractivity contribution in [2.75, 3.05) is 13.2 Å². The van der Waals surface area contributed by atoms with Gasteiger partial charge in [-0.1, -0.05) is 54.6 Å². The second kappa shape index (κ2) is 11.8. The van der Waals surface area contributed by atoms with Gasteiger partial charge in [-0.05, 0) is 54.7 Å². The third-order valence-electron chi connectivity index (χ3n) is 5.81. The van der Waals surface area contributed by atoms with Crippen molar-refractivity contribution in [3.05, 3.63) is 95.1 Å². The summed E-state index contributed by atoms with van der Waals surface area (Å²) in [5, 5.41) is 45.7. The molecule has 1 amide bonds. The minimum absolute atomic E-state index is 0.103. The Balaban J connectivity index is 1.57. The molecule has 6 N–H and O–H groups in total. The number of carbonyl (C=O) groups is 1. The molecule has 7 nitrogen and oxygen atoms in total. The Kier molecular flexibility index (Phi) is 8.87. The first-order valence-electron chi connectivity index (χ1n) is 11.6. The lowest BCUT2D eigenvalue weighted by Gasteiger charge is -2.28. The Morgan fingerprint density at radius 1 is 0.886 bits per heavy atom. The van der Waals surface area contributed by atoms with E-state index in [2.05, 4.69) is 10.6 Å². The van der Waals surface area contributed by atoms with Crippen molar-refractivity contribution < 1.29 is 25.2 Å². The van der Waals surface area contributed by atoms with Crippen LogP contribution in [0.25, 0.3) is 0 Å². The standard InChI is InChI=1S/C28H34N2O5/c1-28(2,29-17-26(34)22-13-23(32)15-24(33)14-22)16-20-8-6-7-19(11-20)12-27(35)30-25(18-31)21-9-4-3-5-10-21/h3-11,13-15,25-26,29,31-34H,12,16-18H2,1-2H3,(H,30,35)/t25-,26?/m1/s1. The maximum atomic E-state index is 12.6. The molecule has 0 aliphatic heterocycles. The van der Waals surface area contributed by atoms with E-state index in [-0.39, 0.29) is 42.5 Å². The van der Waals surface area contributed by atoms with Gasteiger partial charge in [0.05, 0.1) is 25.2 Å². The zero-order valence-corrected chi connectivity index (χ0v) is 20.1.